The van der Waals surface area contributed by atoms with Gasteiger partial charge in [0.25, 0.3) is 10.9 Å². The Morgan fingerprint density at radius 3 is 2.04 bits per heavy atom. The molecule has 1 aromatic carbocycles. The van der Waals surface area contributed by atoms with Crippen molar-refractivity contribution in [3.05, 3.63) is 20.4 Å². The third-order valence-corrected chi connectivity index (χ3v) is 3.98. The molecule has 0 heterocycles. The first-order valence-electron chi connectivity index (χ1n) is 9.32. The van der Waals surface area contributed by atoms with Gasteiger partial charge in [0, 0.05) is 32.2 Å². The molecule has 1 amide bonds. The second-order valence-electron chi connectivity index (χ2n) is 7.20. The van der Waals surface area contributed by atoms with Crippen molar-refractivity contribution in [1.82, 2.24) is 10.6 Å². The molecule has 0 fully saturated rings. The molecule has 0 spiro atoms. The highest BCUT2D eigenvalue weighted by atomic mass is 16.2. The van der Waals surface area contributed by atoms with Gasteiger partial charge < -0.3 is 27.0 Å². The molecule has 148 valence electrons. The van der Waals surface area contributed by atoms with E-state index >= 15 is 0 Å². The Bertz CT molecular complexity index is 635. The van der Waals surface area contributed by atoms with Gasteiger partial charge in [0.15, 0.2) is 0 Å². The van der Waals surface area contributed by atoms with Crippen molar-refractivity contribution in [3.63, 3.8) is 0 Å². The molecule has 0 aliphatic carbocycles. The number of carbonyl (C=O) groups excluding carboxylic acids is 1. The summed E-state index contributed by atoms with van der Waals surface area (Å²) in [6.07, 6.45) is 2.00. The third-order valence-electron chi connectivity index (χ3n) is 3.98. The van der Waals surface area contributed by atoms with Crippen molar-refractivity contribution >= 4 is 17.3 Å². The van der Waals surface area contributed by atoms with Gasteiger partial charge in [-0.1, -0.05) is 27.7 Å². The van der Waals surface area contributed by atoms with Crippen LogP contribution in [-0.4, -0.2) is 44.2 Å². The number of carbonyl (C=O) groups is 1. The number of rotatable bonds is 13. The summed E-state index contributed by atoms with van der Waals surface area (Å²) in [5, 5.41) is 11.8. The molecule has 0 aromatic heterocycles. The predicted octanol–water partition coefficient (Wildman–Crippen LogP) is -0.0159. The van der Waals surface area contributed by atoms with Crippen LogP contribution in [0.25, 0.3) is 0 Å². The van der Waals surface area contributed by atoms with E-state index < -0.39 is 16.9 Å². The van der Waals surface area contributed by atoms with E-state index in [4.69, 9.17) is 5.73 Å². The minimum absolute atomic E-state index is 0.153. The summed E-state index contributed by atoms with van der Waals surface area (Å²) >= 11 is 0. The Morgan fingerprint density at radius 1 is 0.962 bits per heavy atom. The maximum atomic E-state index is 12.0. The number of amides is 1. The average Bonchev–Trinajstić information content (AvgIpc) is 2.59. The van der Waals surface area contributed by atoms with E-state index in [9.17, 15) is 14.4 Å². The lowest BCUT2D eigenvalue weighted by Crippen LogP contribution is -2.51. The van der Waals surface area contributed by atoms with E-state index in [2.05, 4.69) is 35.1 Å². The number of hydrogen-bond donors (Lipinski definition) is 5. The van der Waals surface area contributed by atoms with Gasteiger partial charge in [0.05, 0.1) is 6.04 Å². The van der Waals surface area contributed by atoms with Crippen molar-refractivity contribution in [1.29, 1.82) is 0 Å². The Morgan fingerprint density at radius 2 is 1.54 bits per heavy atom. The Balaban J connectivity index is 2.39. The first-order valence-corrected chi connectivity index (χ1v) is 9.32. The van der Waals surface area contributed by atoms with Crippen molar-refractivity contribution in [3.8, 4) is 0 Å². The van der Waals surface area contributed by atoms with Crippen LogP contribution >= 0.6 is 0 Å². The smallest absolute Gasteiger partial charge is 0.253 e. The Hall–Kier alpha value is -1.93. The van der Waals surface area contributed by atoms with Gasteiger partial charge in [-0.05, 0) is 18.8 Å². The summed E-state index contributed by atoms with van der Waals surface area (Å²) in [4.78, 5) is 35.4. The van der Waals surface area contributed by atoms with E-state index in [1.807, 2.05) is 13.8 Å². The largest absolute Gasteiger partial charge is 0.380 e. The highest BCUT2D eigenvalue weighted by Gasteiger charge is 2.20. The fourth-order valence-electron chi connectivity index (χ4n) is 2.60. The quantitative estimate of drug-likeness (QED) is 0.245. The van der Waals surface area contributed by atoms with Crippen LogP contribution in [0.4, 0.5) is 11.4 Å². The molecule has 0 radical (unpaired) electrons. The van der Waals surface area contributed by atoms with Crippen LogP contribution in [0.3, 0.4) is 0 Å². The number of nitrogens with two attached hydrogens (primary N) is 1. The highest BCUT2D eigenvalue weighted by molar-refractivity contribution is 5.82. The molecular weight excluding hydrogens is 334 g/mol. The van der Waals surface area contributed by atoms with Crippen LogP contribution in [0.5, 0.6) is 0 Å². The Kier molecular flexibility index (Phi) is 9.29. The van der Waals surface area contributed by atoms with Crippen molar-refractivity contribution in [2.45, 2.75) is 52.6 Å². The minimum atomic E-state index is -0.510. The van der Waals surface area contributed by atoms with Gasteiger partial charge in [-0.15, -0.1) is 0 Å². The second kappa shape index (κ2) is 10.9. The van der Waals surface area contributed by atoms with Crippen LogP contribution in [-0.2, 0) is 4.79 Å². The lowest BCUT2D eigenvalue weighted by molar-refractivity contribution is -0.123. The predicted molar refractivity (Wildman–Crippen MR) is 107 cm³/mol. The summed E-state index contributed by atoms with van der Waals surface area (Å²) in [7, 11) is 0. The van der Waals surface area contributed by atoms with Gasteiger partial charge in [-0.25, -0.2) is 0 Å². The molecule has 1 aromatic rings. The monoisotopic (exact) mass is 367 g/mol. The lowest BCUT2D eigenvalue weighted by Gasteiger charge is -2.19. The van der Waals surface area contributed by atoms with E-state index in [0.29, 0.717) is 36.9 Å². The van der Waals surface area contributed by atoms with Crippen molar-refractivity contribution in [2.75, 3.05) is 36.8 Å². The maximum Gasteiger partial charge on any atom is 0.253 e. The summed E-state index contributed by atoms with van der Waals surface area (Å²) < 4.78 is 0. The zero-order valence-corrected chi connectivity index (χ0v) is 16.3. The Labute approximate surface area is 155 Å². The van der Waals surface area contributed by atoms with Crippen LogP contribution < -0.4 is 37.9 Å². The minimum Gasteiger partial charge on any atom is -0.380 e. The fraction of sp³-hybridized carbons (Fsp3) is 0.722. The molecule has 0 unspecified atom stereocenters. The number of anilines is 2. The standard InChI is InChI=1S/C18H33N5O3/c1-11(2)6-5-7-20-14-15(17(25)16(14)24)21-8-9-22-18(26)13(10-19)23-12(3)4/h11-13,20-21,23H,5-10,19H2,1-4H3,(H,22,26)/t13-/m0/s1. The molecule has 0 saturated carbocycles. The topological polar surface area (TPSA) is 125 Å². The van der Waals surface area contributed by atoms with E-state index in [1.165, 1.54) is 0 Å². The zero-order chi connectivity index (χ0) is 19.7. The lowest BCUT2D eigenvalue weighted by atomic mass is 10.1. The second-order valence-corrected chi connectivity index (χ2v) is 7.20. The maximum absolute atomic E-state index is 12.0. The molecular formula is C18H33N5O3. The van der Waals surface area contributed by atoms with Gasteiger partial charge in [0.1, 0.15) is 11.4 Å². The van der Waals surface area contributed by atoms with Crippen molar-refractivity contribution in [2.24, 2.45) is 11.7 Å². The number of nitrogens with one attached hydrogen (secondary N) is 4. The van der Waals surface area contributed by atoms with Gasteiger partial charge in [0.2, 0.25) is 5.91 Å². The van der Waals surface area contributed by atoms with Gasteiger partial charge >= 0.3 is 0 Å². The zero-order valence-electron chi connectivity index (χ0n) is 16.3. The molecule has 0 aliphatic rings. The first-order chi connectivity index (χ1) is 12.3. The highest BCUT2D eigenvalue weighted by Crippen LogP contribution is 2.14. The number of hydrogen-bond acceptors (Lipinski definition) is 7. The van der Waals surface area contributed by atoms with Crippen molar-refractivity contribution < 1.29 is 4.79 Å². The molecule has 8 nitrogen and oxygen atoms in total. The van der Waals surface area contributed by atoms with E-state index in [1.54, 1.807) is 0 Å². The molecule has 1 atom stereocenters. The molecule has 0 aliphatic heterocycles. The first kappa shape index (κ1) is 22.1. The van der Waals surface area contributed by atoms with Gasteiger partial charge in [-0.3, -0.25) is 14.4 Å². The van der Waals surface area contributed by atoms with Crippen LogP contribution in [0.1, 0.15) is 40.5 Å². The average molecular weight is 367 g/mol. The summed E-state index contributed by atoms with van der Waals surface area (Å²) in [5.74, 6) is 0.424. The molecule has 0 saturated heterocycles. The summed E-state index contributed by atoms with van der Waals surface area (Å²) in [6.45, 7) is 9.73. The molecule has 1 rings (SSSR count). The fourth-order valence-corrected chi connectivity index (χ4v) is 2.60. The molecule has 26 heavy (non-hydrogen) atoms. The molecule has 6 N–H and O–H groups in total. The normalized spacial score (nSPS) is 12.6. The van der Waals surface area contributed by atoms with Crippen LogP contribution in [0.2, 0.25) is 0 Å². The van der Waals surface area contributed by atoms with Gasteiger partial charge in [-0.2, -0.15) is 0 Å². The van der Waals surface area contributed by atoms with Crippen LogP contribution in [0.15, 0.2) is 9.59 Å². The molecule has 8 heteroatoms. The third kappa shape index (κ3) is 6.76. The van der Waals surface area contributed by atoms with Crippen LogP contribution in [0, 0.1) is 5.92 Å². The SMILES string of the molecule is CC(C)CCCNc1c(NCCNC(=O)[C@H](CN)NC(C)C)c(=O)c1=O. The summed E-state index contributed by atoms with van der Waals surface area (Å²) in [5.41, 5.74) is 5.27. The van der Waals surface area contributed by atoms with E-state index in [-0.39, 0.29) is 18.5 Å². The van der Waals surface area contributed by atoms with E-state index in [0.717, 1.165) is 12.8 Å². The summed E-state index contributed by atoms with van der Waals surface area (Å²) in [6, 6.07) is -0.292. The molecule has 0 bridgehead atoms.